The van der Waals surface area contributed by atoms with Crippen LogP contribution in [0.3, 0.4) is 0 Å². The van der Waals surface area contributed by atoms with Crippen LogP contribution < -0.4 is 5.32 Å². The number of hydrogen-bond acceptors (Lipinski definition) is 6. The van der Waals surface area contributed by atoms with Crippen LogP contribution in [0.2, 0.25) is 0 Å². The monoisotopic (exact) mass is 301 g/mol. The molecule has 1 atom stereocenters. The van der Waals surface area contributed by atoms with E-state index in [1.54, 1.807) is 6.92 Å². The molecule has 7 heteroatoms. The Morgan fingerprint density at radius 1 is 1.35 bits per heavy atom. The van der Waals surface area contributed by atoms with Gasteiger partial charge in [0.15, 0.2) is 15.7 Å². The summed E-state index contributed by atoms with van der Waals surface area (Å²) in [4.78, 5) is 4.29. The summed E-state index contributed by atoms with van der Waals surface area (Å²) in [5.74, 6) is 1.12. The standard InChI is InChI=1S/C13H23N3O3S/c1-4-14-11-7-5-10(6-8-11)13-15-12(16-19-13)9(2)20(3,17)18/h9-11,14H,4-8H2,1-3H3. The molecule has 0 bridgehead atoms. The van der Waals surface area contributed by atoms with Gasteiger partial charge in [0.25, 0.3) is 0 Å². The number of nitrogens with one attached hydrogen (secondary N) is 1. The summed E-state index contributed by atoms with van der Waals surface area (Å²) >= 11 is 0. The van der Waals surface area contributed by atoms with Gasteiger partial charge < -0.3 is 9.84 Å². The van der Waals surface area contributed by atoms with Gasteiger partial charge in [-0.3, -0.25) is 0 Å². The first kappa shape index (κ1) is 15.4. The SMILES string of the molecule is CCNC1CCC(c2nc(C(C)S(C)(=O)=O)no2)CC1. The van der Waals surface area contributed by atoms with Crippen LogP contribution >= 0.6 is 0 Å². The van der Waals surface area contributed by atoms with Gasteiger partial charge in [-0.25, -0.2) is 8.42 Å². The van der Waals surface area contributed by atoms with E-state index in [2.05, 4.69) is 22.4 Å². The summed E-state index contributed by atoms with van der Waals surface area (Å²) in [6.45, 7) is 4.70. The van der Waals surface area contributed by atoms with Crippen molar-refractivity contribution in [1.82, 2.24) is 15.5 Å². The van der Waals surface area contributed by atoms with E-state index in [9.17, 15) is 8.42 Å². The summed E-state index contributed by atoms with van der Waals surface area (Å²) in [5.41, 5.74) is 0. The lowest BCUT2D eigenvalue weighted by molar-refractivity contribution is 0.283. The highest BCUT2D eigenvalue weighted by Crippen LogP contribution is 2.32. The van der Waals surface area contributed by atoms with E-state index >= 15 is 0 Å². The van der Waals surface area contributed by atoms with E-state index in [1.807, 2.05) is 0 Å². The Morgan fingerprint density at radius 2 is 2.00 bits per heavy atom. The van der Waals surface area contributed by atoms with Crippen LogP contribution in [-0.2, 0) is 9.84 Å². The first-order chi connectivity index (χ1) is 9.41. The number of aromatic nitrogens is 2. The first-order valence-corrected chi connectivity index (χ1v) is 9.13. The lowest BCUT2D eigenvalue weighted by Crippen LogP contribution is -2.32. The number of sulfone groups is 1. The summed E-state index contributed by atoms with van der Waals surface area (Å²) in [7, 11) is -3.18. The third-order valence-electron chi connectivity index (χ3n) is 4.03. The maximum atomic E-state index is 11.5. The molecule has 0 spiro atoms. The van der Waals surface area contributed by atoms with Crippen molar-refractivity contribution in [3.05, 3.63) is 11.7 Å². The van der Waals surface area contributed by atoms with Gasteiger partial charge in [-0.05, 0) is 39.2 Å². The molecule has 1 aromatic heterocycles. The molecule has 2 rings (SSSR count). The molecule has 0 aromatic carbocycles. The summed E-state index contributed by atoms with van der Waals surface area (Å²) in [5, 5.41) is 6.58. The van der Waals surface area contributed by atoms with Gasteiger partial charge in [-0.15, -0.1) is 0 Å². The van der Waals surface area contributed by atoms with Crippen molar-refractivity contribution in [2.45, 2.75) is 56.7 Å². The second kappa shape index (κ2) is 6.22. The Balaban J connectivity index is 2.00. The highest BCUT2D eigenvalue weighted by atomic mass is 32.2. The molecule has 1 aromatic rings. The van der Waals surface area contributed by atoms with E-state index in [1.165, 1.54) is 6.26 Å². The largest absolute Gasteiger partial charge is 0.339 e. The minimum atomic E-state index is -3.18. The van der Waals surface area contributed by atoms with Crippen molar-refractivity contribution >= 4 is 9.84 Å². The normalized spacial score (nSPS) is 25.6. The average Bonchev–Trinajstić information content (AvgIpc) is 2.87. The fraction of sp³-hybridized carbons (Fsp3) is 0.846. The zero-order chi connectivity index (χ0) is 14.8. The molecule has 0 radical (unpaired) electrons. The molecule has 1 fully saturated rings. The Kier molecular flexibility index (Phi) is 4.80. The maximum Gasteiger partial charge on any atom is 0.229 e. The molecule has 1 aliphatic carbocycles. The van der Waals surface area contributed by atoms with Gasteiger partial charge in [-0.2, -0.15) is 4.98 Å². The smallest absolute Gasteiger partial charge is 0.229 e. The minimum absolute atomic E-state index is 0.262. The molecule has 0 aliphatic heterocycles. The number of hydrogen-bond donors (Lipinski definition) is 1. The van der Waals surface area contributed by atoms with E-state index in [4.69, 9.17) is 4.52 Å². The molecular weight excluding hydrogens is 278 g/mol. The van der Waals surface area contributed by atoms with Gasteiger partial charge in [0.1, 0.15) is 5.25 Å². The molecule has 1 N–H and O–H groups in total. The summed E-state index contributed by atoms with van der Waals surface area (Å²) in [6, 6.07) is 0.577. The number of rotatable bonds is 5. The molecular formula is C13H23N3O3S. The Hall–Kier alpha value is -0.950. The van der Waals surface area contributed by atoms with Crippen LogP contribution in [0.4, 0.5) is 0 Å². The fourth-order valence-corrected chi connectivity index (χ4v) is 3.08. The maximum absolute atomic E-state index is 11.5. The van der Waals surface area contributed by atoms with E-state index < -0.39 is 15.1 Å². The van der Waals surface area contributed by atoms with Crippen LogP contribution in [0.1, 0.15) is 62.4 Å². The second-order valence-electron chi connectivity index (χ2n) is 5.57. The molecule has 20 heavy (non-hydrogen) atoms. The Morgan fingerprint density at radius 3 is 2.55 bits per heavy atom. The van der Waals surface area contributed by atoms with Gasteiger partial charge in [-0.1, -0.05) is 12.1 Å². The Labute approximate surface area is 120 Å². The quantitative estimate of drug-likeness (QED) is 0.892. The van der Waals surface area contributed by atoms with Crippen LogP contribution in [0.15, 0.2) is 4.52 Å². The fourth-order valence-electron chi connectivity index (χ4n) is 2.60. The minimum Gasteiger partial charge on any atom is -0.339 e. The number of nitrogens with zero attached hydrogens (tertiary/aromatic N) is 2. The van der Waals surface area contributed by atoms with Crippen LogP contribution in [-0.4, -0.2) is 37.4 Å². The summed E-state index contributed by atoms with van der Waals surface area (Å²) < 4.78 is 28.3. The lowest BCUT2D eigenvalue weighted by Gasteiger charge is -2.26. The third kappa shape index (κ3) is 3.58. The van der Waals surface area contributed by atoms with E-state index in [-0.39, 0.29) is 11.7 Å². The molecule has 0 amide bonds. The van der Waals surface area contributed by atoms with E-state index in [0.717, 1.165) is 32.2 Å². The molecule has 1 unspecified atom stereocenters. The molecule has 114 valence electrons. The van der Waals surface area contributed by atoms with Gasteiger partial charge >= 0.3 is 0 Å². The molecule has 1 saturated carbocycles. The predicted octanol–water partition coefficient (Wildman–Crippen LogP) is 1.81. The van der Waals surface area contributed by atoms with E-state index in [0.29, 0.717) is 11.9 Å². The van der Waals surface area contributed by atoms with Crippen LogP contribution in [0.25, 0.3) is 0 Å². The van der Waals surface area contributed by atoms with Crippen molar-refractivity contribution < 1.29 is 12.9 Å². The molecule has 1 aliphatic rings. The van der Waals surface area contributed by atoms with Gasteiger partial charge in [0.05, 0.1) is 0 Å². The topological polar surface area (TPSA) is 85.1 Å². The van der Waals surface area contributed by atoms with Crippen LogP contribution in [0, 0.1) is 0 Å². The van der Waals surface area contributed by atoms with Gasteiger partial charge in [0.2, 0.25) is 5.89 Å². The summed E-state index contributed by atoms with van der Waals surface area (Å²) in [6.07, 6.45) is 5.39. The van der Waals surface area contributed by atoms with Crippen LogP contribution in [0.5, 0.6) is 0 Å². The van der Waals surface area contributed by atoms with Crippen molar-refractivity contribution in [3.63, 3.8) is 0 Å². The average molecular weight is 301 g/mol. The zero-order valence-corrected chi connectivity index (χ0v) is 13.1. The van der Waals surface area contributed by atoms with Crippen molar-refractivity contribution in [2.24, 2.45) is 0 Å². The molecule has 6 nitrogen and oxygen atoms in total. The third-order valence-corrected chi connectivity index (χ3v) is 5.53. The first-order valence-electron chi connectivity index (χ1n) is 7.17. The molecule has 1 heterocycles. The van der Waals surface area contributed by atoms with Gasteiger partial charge in [0, 0.05) is 18.2 Å². The second-order valence-corrected chi connectivity index (χ2v) is 7.93. The Bertz CT molecular complexity index is 533. The highest BCUT2D eigenvalue weighted by molar-refractivity contribution is 7.90. The lowest BCUT2D eigenvalue weighted by atomic mass is 9.86. The zero-order valence-electron chi connectivity index (χ0n) is 12.3. The highest BCUT2D eigenvalue weighted by Gasteiger charge is 2.28. The molecule has 0 saturated heterocycles. The predicted molar refractivity (Wildman–Crippen MR) is 76.2 cm³/mol. The van der Waals surface area contributed by atoms with Crippen molar-refractivity contribution in [1.29, 1.82) is 0 Å². The van der Waals surface area contributed by atoms with Crippen molar-refractivity contribution in [2.75, 3.05) is 12.8 Å². The van der Waals surface area contributed by atoms with Crippen molar-refractivity contribution in [3.8, 4) is 0 Å².